The van der Waals surface area contributed by atoms with Crippen molar-refractivity contribution in [3.8, 4) is 5.75 Å². The number of fused-ring (bicyclic) bond motifs is 1. The molecule has 23 heavy (non-hydrogen) atoms. The Morgan fingerprint density at radius 1 is 1.39 bits per heavy atom. The summed E-state index contributed by atoms with van der Waals surface area (Å²) in [5, 5.41) is 0. The first kappa shape index (κ1) is 16.5. The van der Waals surface area contributed by atoms with Crippen molar-refractivity contribution in [2.45, 2.75) is 50.0 Å². The Hall–Kier alpha value is -1.36. The second-order valence-electron chi connectivity index (χ2n) is 6.59. The number of piperidine rings is 1. The summed E-state index contributed by atoms with van der Waals surface area (Å²) in [5.74, 6) is 0.987. The largest absolute Gasteiger partial charge is 0.486 e. The minimum absolute atomic E-state index is 0.117. The number of Topliss-reactive ketones (excluding diaryl/α,β-unsaturated/α-hetero) is 1. The summed E-state index contributed by atoms with van der Waals surface area (Å²) in [5.41, 5.74) is 1.32. The molecule has 4 nitrogen and oxygen atoms in total. The summed E-state index contributed by atoms with van der Waals surface area (Å²) in [6, 6.07) is 5.77. The lowest BCUT2D eigenvalue weighted by atomic mass is 9.82. The monoisotopic (exact) mass is 379 g/mol. The number of ketones is 1. The number of ether oxygens (including phenoxy) is 1. The Bertz CT molecular complexity index is 635. The van der Waals surface area contributed by atoms with E-state index in [1.54, 1.807) is 0 Å². The van der Waals surface area contributed by atoms with Gasteiger partial charge in [-0.25, -0.2) is 0 Å². The van der Waals surface area contributed by atoms with E-state index < -0.39 is 5.60 Å². The Labute approximate surface area is 145 Å². The van der Waals surface area contributed by atoms with Gasteiger partial charge in [-0.05, 0) is 25.5 Å². The van der Waals surface area contributed by atoms with Gasteiger partial charge in [-0.15, -0.1) is 0 Å². The minimum Gasteiger partial charge on any atom is -0.486 e. The second-order valence-corrected chi connectivity index (χ2v) is 7.69. The highest BCUT2D eigenvalue weighted by atomic mass is 79.9. The fourth-order valence-electron chi connectivity index (χ4n) is 3.39. The van der Waals surface area contributed by atoms with Gasteiger partial charge in [-0.1, -0.05) is 34.5 Å². The van der Waals surface area contributed by atoms with Crippen molar-refractivity contribution in [2.24, 2.45) is 0 Å². The van der Waals surface area contributed by atoms with E-state index in [1.807, 2.05) is 36.9 Å². The molecule has 3 rings (SSSR count). The normalized spacial score (nSPS) is 20.8. The molecule has 1 atom stereocenters. The third-order valence-electron chi connectivity index (χ3n) is 4.86. The molecule has 124 valence electrons. The summed E-state index contributed by atoms with van der Waals surface area (Å²) in [6.07, 6.45) is 2.61. The van der Waals surface area contributed by atoms with Crippen LogP contribution in [0.3, 0.4) is 0 Å². The van der Waals surface area contributed by atoms with Crippen LogP contribution >= 0.6 is 15.9 Å². The van der Waals surface area contributed by atoms with E-state index in [4.69, 9.17) is 4.74 Å². The smallest absolute Gasteiger partial charge is 0.236 e. The maximum absolute atomic E-state index is 12.5. The summed E-state index contributed by atoms with van der Waals surface area (Å²) in [6.45, 7) is 5.27. The first-order valence-electron chi connectivity index (χ1n) is 8.20. The zero-order chi connectivity index (χ0) is 16.6. The van der Waals surface area contributed by atoms with E-state index in [2.05, 4.69) is 15.9 Å². The number of hydrogen-bond acceptors (Lipinski definition) is 3. The van der Waals surface area contributed by atoms with Gasteiger partial charge >= 0.3 is 0 Å². The molecule has 0 aromatic heterocycles. The van der Waals surface area contributed by atoms with Crippen LogP contribution in [-0.4, -0.2) is 40.1 Å². The molecule has 2 heterocycles. The van der Waals surface area contributed by atoms with Crippen LogP contribution in [0.25, 0.3) is 0 Å². The third-order valence-corrected chi connectivity index (χ3v) is 5.90. The van der Waals surface area contributed by atoms with Gasteiger partial charge in [0.15, 0.2) is 5.78 Å². The molecule has 1 spiro atoms. The lowest BCUT2D eigenvalue weighted by Gasteiger charge is -2.44. The summed E-state index contributed by atoms with van der Waals surface area (Å²) < 4.78 is 6.23. The molecule has 1 aromatic carbocycles. The summed E-state index contributed by atoms with van der Waals surface area (Å²) >= 11 is 3.43. The van der Waals surface area contributed by atoms with E-state index >= 15 is 0 Å². The fourth-order valence-corrected chi connectivity index (χ4v) is 3.68. The highest BCUT2D eigenvalue weighted by Crippen LogP contribution is 2.39. The van der Waals surface area contributed by atoms with Crippen LogP contribution in [0.2, 0.25) is 0 Å². The fraction of sp³-hybridized carbons (Fsp3) is 0.556. The van der Waals surface area contributed by atoms with E-state index in [0.29, 0.717) is 43.7 Å². The Morgan fingerprint density at radius 3 is 2.74 bits per heavy atom. The number of carbonyl (C=O) groups excluding carboxylic acids is 2. The number of nitrogens with zero attached hydrogens (tertiary/aromatic N) is 1. The third kappa shape index (κ3) is 3.16. The van der Waals surface area contributed by atoms with Gasteiger partial charge in [0.1, 0.15) is 11.4 Å². The number of benzene rings is 1. The molecule has 1 amide bonds. The number of carbonyl (C=O) groups is 2. The van der Waals surface area contributed by atoms with Crippen molar-refractivity contribution in [1.82, 2.24) is 4.90 Å². The standard InChI is InChI=1S/C18H22BrNO3/c1-3-14(19)17(22)20-8-6-18(7-9-20)11-15(21)13-10-12(2)4-5-16(13)23-18/h4-5,10,14H,3,6-9,11H2,1-2H3. The lowest BCUT2D eigenvalue weighted by Crippen LogP contribution is -2.53. The van der Waals surface area contributed by atoms with Gasteiger partial charge in [0.25, 0.3) is 0 Å². The van der Waals surface area contributed by atoms with Crippen LogP contribution in [0.5, 0.6) is 5.75 Å². The van der Waals surface area contributed by atoms with Gasteiger partial charge in [-0.2, -0.15) is 0 Å². The van der Waals surface area contributed by atoms with Crippen LogP contribution in [-0.2, 0) is 4.79 Å². The molecule has 5 heteroatoms. The van der Waals surface area contributed by atoms with E-state index in [-0.39, 0.29) is 16.5 Å². The van der Waals surface area contributed by atoms with Gasteiger partial charge < -0.3 is 9.64 Å². The Kier molecular flexibility index (Phi) is 4.50. The minimum atomic E-state index is -0.440. The highest BCUT2D eigenvalue weighted by molar-refractivity contribution is 9.10. The molecule has 2 aliphatic heterocycles. The first-order valence-corrected chi connectivity index (χ1v) is 9.11. The number of amides is 1. The van der Waals surface area contributed by atoms with Crippen molar-refractivity contribution in [3.05, 3.63) is 29.3 Å². The molecule has 0 radical (unpaired) electrons. The predicted octanol–water partition coefficient (Wildman–Crippen LogP) is 3.49. The molecule has 1 unspecified atom stereocenters. The van der Waals surface area contributed by atoms with Crippen molar-refractivity contribution in [3.63, 3.8) is 0 Å². The first-order chi connectivity index (χ1) is 10.9. The van der Waals surface area contributed by atoms with Gasteiger partial charge in [0.05, 0.1) is 16.8 Å². The van der Waals surface area contributed by atoms with Gasteiger partial charge in [-0.3, -0.25) is 9.59 Å². The summed E-state index contributed by atoms with van der Waals surface area (Å²) in [7, 11) is 0. The van der Waals surface area contributed by atoms with Crippen LogP contribution in [0.1, 0.15) is 48.5 Å². The Morgan fingerprint density at radius 2 is 2.09 bits per heavy atom. The zero-order valence-electron chi connectivity index (χ0n) is 13.6. The number of alkyl halides is 1. The molecule has 1 aromatic rings. The Balaban J connectivity index is 1.73. The second kappa shape index (κ2) is 6.27. The number of likely N-dealkylation sites (tertiary alicyclic amines) is 1. The molecule has 0 aliphatic carbocycles. The van der Waals surface area contributed by atoms with Crippen LogP contribution in [0, 0.1) is 6.92 Å². The van der Waals surface area contributed by atoms with Crippen LogP contribution < -0.4 is 4.74 Å². The quantitative estimate of drug-likeness (QED) is 0.738. The van der Waals surface area contributed by atoms with E-state index in [9.17, 15) is 9.59 Å². The van der Waals surface area contributed by atoms with E-state index in [0.717, 1.165) is 12.0 Å². The van der Waals surface area contributed by atoms with Crippen LogP contribution in [0.4, 0.5) is 0 Å². The maximum atomic E-state index is 12.5. The number of halogens is 1. The van der Waals surface area contributed by atoms with Crippen molar-refractivity contribution in [2.75, 3.05) is 13.1 Å². The predicted molar refractivity (Wildman–Crippen MR) is 92.3 cm³/mol. The molecule has 1 saturated heterocycles. The average Bonchev–Trinajstić information content (AvgIpc) is 2.55. The van der Waals surface area contributed by atoms with Crippen molar-refractivity contribution >= 4 is 27.6 Å². The molecule has 0 saturated carbocycles. The molecule has 0 bridgehead atoms. The number of aryl methyl sites for hydroxylation is 1. The maximum Gasteiger partial charge on any atom is 0.236 e. The van der Waals surface area contributed by atoms with Gasteiger partial charge in [0, 0.05) is 25.9 Å². The van der Waals surface area contributed by atoms with Crippen LogP contribution in [0.15, 0.2) is 18.2 Å². The summed E-state index contributed by atoms with van der Waals surface area (Å²) in [4.78, 5) is 26.5. The van der Waals surface area contributed by atoms with Gasteiger partial charge in [0.2, 0.25) is 5.91 Å². The van der Waals surface area contributed by atoms with Crippen molar-refractivity contribution < 1.29 is 14.3 Å². The molecular formula is C18H22BrNO3. The molecule has 1 fully saturated rings. The molecule has 0 N–H and O–H groups in total. The molecule has 2 aliphatic rings. The average molecular weight is 380 g/mol. The lowest BCUT2D eigenvalue weighted by molar-refractivity contribution is -0.134. The van der Waals surface area contributed by atoms with Crippen molar-refractivity contribution in [1.29, 1.82) is 0 Å². The SMILES string of the molecule is CCC(Br)C(=O)N1CCC2(CC1)CC(=O)c1cc(C)ccc1O2. The number of rotatable bonds is 2. The topological polar surface area (TPSA) is 46.6 Å². The highest BCUT2D eigenvalue weighted by Gasteiger charge is 2.43. The number of hydrogen-bond donors (Lipinski definition) is 0. The zero-order valence-corrected chi connectivity index (χ0v) is 15.2. The molecular weight excluding hydrogens is 358 g/mol. The van der Waals surface area contributed by atoms with E-state index in [1.165, 1.54) is 0 Å².